The Hall–Kier alpha value is -2.51. The molecule has 7 nitrogen and oxygen atoms in total. The monoisotopic (exact) mass is 353 g/mol. The zero-order chi connectivity index (χ0) is 18.1. The minimum atomic E-state index is -0.459. The van der Waals surface area contributed by atoms with Crippen LogP contribution in [0.3, 0.4) is 0 Å². The van der Waals surface area contributed by atoms with Gasteiger partial charge in [0, 0.05) is 49.4 Å². The summed E-state index contributed by atoms with van der Waals surface area (Å²) >= 11 is 0. The highest BCUT2D eigenvalue weighted by molar-refractivity contribution is 5.91. The number of carbonyl (C=O) groups is 1. The molecule has 0 saturated carbocycles. The number of anilines is 1. The Morgan fingerprint density at radius 2 is 2.04 bits per heavy atom. The number of fused-ring (bicyclic) bond motifs is 1. The van der Waals surface area contributed by atoms with Gasteiger partial charge in [0.1, 0.15) is 12.0 Å². The number of aromatic nitrogens is 2. The lowest BCUT2D eigenvalue weighted by atomic mass is 10.0. The fourth-order valence-corrected chi connectivity index (χ4v) is 3.80. The first-order chi connectivity index (χ1) is 12.6. The van der Waals surface area contributed by atoms with E-state index in [4.69, 9.17) is 5.73 Å². The summed E-state index contributed by atoms with van der Waals surface area (Å²) in [6.45, 7) is 2.22. The molecule has 1 unspecified atom stereocenters. The van der Waals surface area contributed by atoms with E-state index in [9.17, 15) is 9.90 Å². The standard InChI is InChI=1S/C19H23N5O2/c20-19(26)24-6-1-3-14-8-16(11-22-18(14)24)15-7-13(9-21-10-15)12-23-5-2-4-17(23)25/h7-11,17,25H,1-6,12H2,(H2,20,26). The van der Waals surface area contributed by atoms with E-state index in [0.29, 0.717) is 18.9 Å². The number of nitrogens with zero attached hydrogens (tertiary/aromatic N) is 4. The summed E-state index contributed by atoms with van der Waals surface area (Å²) in [5, 5.41) is 9.99. The van der Waals surface area contributed by atoms with Gasteiger partial charge in [0.25, 0.3) is 0 Å². The number of rotatable bonds is 3. The van der Waals surface area contributed by atoms with Crippen molar-refractivity contribution in [1.82, 2.24) is 14.9 Å². The number of aliphatic hydroxyl groups excluding tert-OH is 1. The zero-order valence-corrected chi connectivity index (χ0v) is 14.6. The molecule has 7 heteroatoms. The van der Waals surface area contributed by atoms with Crippen molar-refractivity contribution in [2.45, 2.75) is 38.5 Å². The molecule has 0 aromatic carbocycles. The van der Waals surface area contributed by atoms with Crippen LogP contribution in [0.5, 0.6) is 0 Å². The van der Waals surface area contributed by atoms with Crippen LogP contribution in [0.2, 0.25) is 0 Å². The number of nitrogens with two attached hydrogens (primary N) is 1. The first-order valence-corrected chi connectivity index (χ1v) is 9.04. The zero-order valence-electron chi connectivity index (χ0n) is 14.6. The topological polar surface area (TPSA) is 95.6 Å². The highest BCUT2D eigenvalue weighted by Gasteiger charge is 2.23. The molecule has 2 aliphatic rings. The molecule has 2 aromatic heterocycles. The van der Waals surface area contributed by atoms with E-state index >= 15 is 0 Å². The average molecular weight is 353 g/mol. The number of carbonyl (C=O) groups excluding carboxylic acids is 1. The van der Waals surface area contributed by atoms with Crippen LogP contribution in [0.4, 0.5) is 10.6 Å². The summed E-state index contributed by atoms with van der Waals surface area (Å²) < 4.78 is 0. The van der Waals surface area contributed by atoms with Crippen LogP contribution in [-0.4, -0.2) is 45.3 Å². The van der Waals surface area contributed by atoms with Crippen molar-refractivity contribution in [3.63, 3.8) is 0 Å². The second kappa shape index (κ2) is 7.01. The van der Waals surface area contributed by atoms with E-state index in [1.54, 1.807) is 6.20 Å². The van der Waals surface area contributed by atoms with E-state index in [1.165, 1.54) is 4.90 Å². The Kier molecular flexibility index (Phi) is 4.57. The normalized spacial score (nSPS) is 20.2. The number of urea groups is 1. The minimum Gasteiger partial charge on any atom is -0.378 e. The molecule has 2 amide bonds. The number of primary amides is 1. The molecule has 1 saturated heterocycles. The van der Waals surface area contributed by atoms with Gasteiger partial charge in [-0.15, -0.1) is 0 Å². The molecule has 2 aromatic rings. The molecule has 1 fully saturated rings. The number of aliphatic hydroxyl groups is 1. The third-order valence-electron chi connectivity index (χ3n) is 5.14. The predicted molar refractivity (Wildman–Crippen MR) is 98.4 cm³/mol. The lowest BCUT2D eigenvalue weighted by Crippen LogP contribution is -2.40. The van der Waals surface area contributed by atoms with E-state index < -0.39 is 6.03 Å². The van der Waals surface area contributed by atoms with Crippen LogP contribution in [0, 0.1) is 0 Å². The maximum atomic E-state index is 11.6. The third kappa shape index (κ3) is 3.27. The molecule has 2 aliphatic heterocycles. The summed E-state index contributed by atoms with van der Waals surface area (Å²) in [7, 11) is 0. The van der Waals surface area contributed by atoms with Gasteiger partial charge in [-0.2, -0.15) is 0 Å². The Morgan fingerprint density at radius 3 is 2.81 bits per heavy atom. The number of aryl methyl sites for hydroxylation is 1. The van der Waals surface area contributed by atoms with Crippen LogP contribution in [0.25, 0.3) is 11.1 Å². The highest BCUT2D eigenvalue weighted by atomic mass is 16.3. The van der Waals surface area contributed by atoms with Crippen LogP contribution in [-0.2, 0) is 13.0 Å². The number of hydrogen-bond acceptors (Lipinski definition) is 5. The van der Waals surface area contributed by atoms with E-state index in [2.05, 4.69) is 27.0 Å². The third-order valence-corrected chi connectivity index (χ3v) is 5.14. The van der Waals surface area contributed by atoms with Gasteiger partial charge >= 0.3 is 6.03 Å². The molecule has 26 heavy (non-hydrogen) atoms. The van der Waals surface area contributed by atoms with Gasteiger partial charge in [0.15, 0.2) is 0 Å². The van der Waals surface area contributed by atoms with Gasteiger partial charge in [-0.25, -0.2) is 9.78 Å². The Morgan fingerprint density at radius 1 is 1.19 bits per heavy atom. The van der Waals surface area contributed by atoms with Crippen molar-refractivity contribution >= 4 is 11.8 Å². The second-order valence-electron chi connectivity index (χ2n) is 6.98. The average Bonchev–Trinajstić information content (AvgIpc) is 3.05. The summed E-state index contributed by atoms with van der Waals surface area (Å²) in [4.78, 5) is 24.0. The SMILES string of the molecule is NC(=O)N1CCCc2cc(-c3cncc(CN4CCCC4O)c3)cnc21. The largest absolute Gasteiger partial charge is 0.378 e. The highest BCUT2D eigenvalue weighted by Crippen LogP contribution is 2.29. The van der Waals surface area contributed by atoms with E-state index in [0.717, 1.165) is 54.5 Å². The summed E-state index contributed by atoms with van der Waals surface area (Å²) in [5.74, 6) is 0.664. The molecule has 0 radical (unpaired) electrons. The van der Waals surface area contributed by atoms with Crippen molar-refractivity contribution in [2.24, 2.45) is 5.73 Å². The maximum absolute atomic E-state index is 11.6. The summed E-state index contributed by atoms with van der Waals surface area (Å²) in [6, 6.07) is 3.71. The van der Waals surface area contributed by atoms with Crippen molar-refractivity contribution in [2.75, 3.05) is 18.0 Å². The van der Waals surface area contributed by atoms with Gasteiger partial charge in [-0.3, -0.25) is 14.8 Å². The fraction of sp³-hybridized carbons (Fsp3) is 0.421. The van der Waals surface area contributed by atoms with Gasteiger partial charge in [0.05, 0.1) is 0 Å². The van der Waals surface area contributed by atoms with Crippen LogP contribution >= 0.6 is 0 Å². The van der Waals surface area contributed by atoms with Gasteiger partial charge < -0.3 is 10.8 Å². The molecule has 0 bridgehead atoms. The number of amides is 2. The van der Waals surface area contributed by atoms with Gasteiger partial charge in [-0.05, 0) is 48.9 Å². The lowest BCUT2D eigenvalue weighted by molar-refractivity contribution is 0.0328. The maximum Gasteiger partial charge on any atom is 0.320 e. The second-order valence-corrected chi connectivity index (χ2v) is 6.98. The Balaban J connectivity index is 1.60. The molecule has 4 heterocycles. The van der Waals surface area contributed by atoms with Crippen LogP contribution in [0.1, 0.15) is 30.4 Å². The quantitative estimate of drug-likeness (QED) is 0.878. The number of likely N-dealkylation sites (tertiary alicyclic amines) is 1. The number of hydrogen-bond donors (Lipinski definition) is 2. The Bertz CT molecular complexity index is 825. The van der Waals surface area contributed by atoms with Crippen molar-refractivity contribution in [1.29, 1.82) is 0 Å². The fourth-order valence-electron chi connectivity index (χ4n) is 3.80. The summed E-state index contributed by atoms with van der Waals surface area (Å²) in [5.41, 5.74) is 9.52. The first kappa shape index (κ1) is 16.9. The molecule has 1 atom stereocenters. The molecule has 3 N–H and O–H groups in total. The first-order valence-electron chi connectivity index (χ1n) is 9.04. The number of pyridine rings is 2. The molecule has 136 valence electrons. The molecule has 4 rings (SSSR count). The predicted octanol–water partition coefficient (Wildman–Crippen LogP) is 1.89. The lowest BCUT2D eigenvalue weighted by Gasteiger charge is -2.27. The Labute approximate surface area is 152 Å². The molecular weight excluding hydrogens is 330 g/mol. The summed E-state index contributed by atoms with van der Waals surface area (Å²) in [6.07, 6.45) is 8.70. The van der Waals surface area contributed by atoms with Gasteiger partial charge in [0.2, 0.25) is 0 Å². The van der Waals surface area contributed by atoms with Crippen molar-refractivity contribution in [3.05, 3.63) is 41.9 Å². The minimum absolute atomic E-state index is 0.358. The molecular formula is C19H23N5O2. The smallest absolute Gasteiger partial charge is 0.320 e. The van der Waals surface area contributed by atoms with Crippen LogP contribution in [0.15, 0.2) is 30.7 Å². The van der Waals surface area contributed by atoms with Crippen molar-refractivity contribution < 1.29 is 9.90 Å². The van der Waals surface area contributed by atoms with Crippen LogP contribution < -0.4 is 10.6 Å². The van der Waals surface area contributed by atoms with Gasteiger partial charge in [-0.1, -0.05) is 0 Å². The van der Waals surface area contributed by atoms with E-state index in [1.807, 2.05) is 12.4 Å². The molecule has 0 aliphatic carbocycles. The van der Waals surface area contributed by atoms with E-state index in [-0.39, 0.29) is 6.23 Å². The molecule has 0 spiro atoms. The van der Waals surface area contributed by atoms with Crippen molar-refractivity contribution in [3.8, 4) is 11.1 Å².